The third-order valence-corrected chi connectivity index (χ3v) is 3.33. The molecule has 0 saturated carbocycles. The Hall–Kier alpha value is -1.85. The quantitative estimate of drug-likeness (QED) is 0.924. The first-order valence-electron chi connectivity index (χ1n) is 7.35. The topological polar surface area (TPSA) is 67.4 Å². The molecule has 1 aromatic rings. The molecule has 0 bridgehead atoms. The van der Waals surface area contributed by atoms with Crippen molar-refractivity contribution >= 4 is 11.9 Å². The van der Waals surface area contributed by atoms with Crippen LogP contribution in [0.4, 0.5) is 10.6 Å². The predicted octanol–water partition coefficient (Wildman–Crippen LogP) is 2.14. The number of amides is 1. The van der Waals surface area contributed by atoms with E-state index in [0.29, 0.717) is 12.5 Å². The van der Waals surface area contributed by atoms with Gasteiger partial charge in [0, 0.05) is 19.6 Å². The van der Waals surface area contributed by atoms with E-state index >= 15 is 0 Å². The number of aryl methyl sites for hydroxylation is 1. The van der Waals surface area contributed by atoms with Gasteiger partial charge >= 0.3 is 6.09 Å². The zero-order chi connectivity index (χ0) is 15.5. The third-order valence-electron chi connectivity index (χ3n) is 3.33. The first-order valence-corrected chi connectivity index (χ1v) is 7.35. The van der Waals surface area contributed by atoms with Crippen LogP contribution in [0, 0.1) is 12.8 Å². The number of nitrogens with one attached hydrogen (secondary N) is 1. The van der Waals surface area contributed by atoms with Gasteiger partial charge in [-0.3, -0.25) is 0 Å². The molecule has 6 heteroatoms. The van der Waals surface area contributed by atoms with Gasteiger partial charge in [-0.25, -0.2) is 4.79 Å². The molecule has 0 aliphatic carbocycles. The number of aromatic nitrogens is 2. The number of hydrogen-bond donors (Lipinski definition) is 1. The highest BCUT2D eigenvalue weighted by atomic mass is 16.6. The fourth-order valence-electron chi connectivity index (χ4n) is 2.31. The number of anilines is 1. The van der Waals surface area contributed by atoms with Crippen molar-refractivity contribution < 1.29 is 9.53 Å². The standard InChI is InChI=1S/C15H24N4O2/c1-11-5-6-13(18-17-11)19-8-7-12(10-19)9-16-14(20)21-15(2,3)4/h5-6,12H,7-10H2,1-4H3,(H,16,20)/t12-/m1/s1. The maximum atomic E-state index is 11.6. The molecule has 0 radical (unpaired) electrons. The lowest BCUT2D eigenvalue weighted by atomic mass is 10.1. The zero-order valence-corrected chi connectivity index (χ0v) is 13.2. The monoisotopic (exact) mass is 292 g/mol. The molecule has 1 amide bonds. The molecule has 1 saturated heterocycles. The molecule has 1 aliphatic heterocycles. The minimum absolute atomic E-state index is 0.351. The Bertz CT molecular complexity index is 481. The Morgan fingerprint density at radius 1 is 1.43 bits per heavy atom. The van der Waals surface area contributed by atoms with Crippen LogP contribution in [0.15, 0.2) is 12.1 Å². The SMILES string of the molecule is Cc1ccc(N2CC[C@H](CNC(=O)OC(C)(C)C)C2)nn1. The lowest BCUT2D eigenvalue weighted by Crippen LogP contribution is -2.36. The molecule has 1 fully saturated rings. The van der Waals surface area contributed by atoms with E-state index in [2.05, 4.69) is 20.4 Å². The number of alkyl carbamates (subject to hydrolysis) is 1. The van der Waals surface area contributed by atoms with Crippen molar-refractivity contribution in [2.75, 3.05) is 24.5 Å². The first kappa shape index (κ1) is 15.5. The van der Waals surface area contributed by atoms with Crippen molar-refractivity contribution in [2.45, 2.75) is 39.7 Å². The summed E-state index contributed by atoms with van der Waals surface area (Å²) < 4.78 is 5.24. The second-order valence-electron chi connectivity index (χ2n) is 6.52. The Labute approximate surface area is 125 Å². The summed E-state index contributed by atoms with van der Waals surface area (Å²) in [5.41, 5.74) is 0.463. The van der Waals surface area contributed by atoms with Crippen LogP contribution in [0.2, 0.25) is 0 Å². The molecule has 0 unspecified atom stereocenters. The Morgan fingerprint density at radius 3 is 2.81 bits per heavy atom. The predicted molar refractivity (Wildman–Crippen MR) is 81.3 cm³/mol. The number of rotatable bonds is 3. The molecule has 2 heterocycles. The molecule has 21 heavy (non-hydrogen) atoms. The summed E-state index contributed by atoms with van der Waals surface area (Å²) in [6, 6.07) is 3.96. The number of hydrogen-bond acceptors (Lipinski definition) is 5. The minimum atomic E-state index is -0.455. The van der Waals surface area contributed by atoms with E-state index in [1.165, 1.54) is 0 Å². The average Bonchev–Trinajstić information content (AvgIpc) is 2.84. The minimum Gasteiger partial charge on any atom is -0.444 e. The number of carbonyl (C=O) groups is 1. The molecule has 1 atom stereocenters. The molecule has 1 aromatic heterocycles. The van der Waals surface area contributed by atoms with E-state index in [4.69, 9.17) is 4.74 Å². The molecule has 0 aromatic carbocycles. The van der Waals surface area contributed by atoms with E-state index in [-0.39, 0.29) is 6.09 Å². The number of carbonyl (C=O) groups excluding carboxylic acids is 1. The van der Waals surface area contributed by atoms with E-state index in [9.17, 15) is 4.79 Å². The Morgan fingerprint density at radius 2 is 2.19 bits per heavy atom. The van der Waals surface area contributed by atoms with E-state index in [1.54, 1.807) is 0 Å². The highest BCUT2D eigenvalue weighted by molar-refractivity contribution is 5.67. The van der Waals surface area contributed by atoms with Gasteiger partial charge in [-0.15, -0.1) is 5.10 Å². The fourth-order valence-corrected chi connectivity index (χ4v) is 2.31. The van der Waals surface area contributed by atoms with Gasteiger partial charge in [-0.1, -0.05) is 0 Å². The van der Waals surface area contributed by atoms with Gasteiger partial charge in [0.1, 0.15) is 5.60 Å². The lowest BCUT2D eigenvalue weighted by Gasteiger charge is -2.21. The fraction of sp³-hybridized carbons (Fsp3) is 0.667. The summed E-state index contributed by atoms with van der Waals surface area (Å²) in [7, 11) is 0. The summed E-state index contributed by atoms with van der Waals surface area (Å²) >= 11 is 0. The molecular formula is C15H24N4O2. The van der Waals surface area contributed by atoms with Gasteiger partial charge in [-0.2, -0.15) is 5.10 Å². The van der Waals surface area contributed by atoms with Crippen LogP contribution in [0.25, 0.3) is 0 Å². The van der Waals surface area contributed by atoms with Crippen LogP contribution in [0.1, 0.15) is 32.9 Å². The Kier molecular flexibility index (Phi) is 4.65. The second kappa shape index (κ2) is 6.28. The van der Waals surface area contributed by atoms with Crippen LogP contribution < -0.4 is 10.2 Å². The molecule has 1 N–H and O–H groups in total. The van der Waals surface area contributed by atoms with Gasteiger partial charge in [-0.05, 0) is 52.2 Å². The highest BCUT2D eigenvalue weighted by Crippen LogP contribution is 2.21. The smallest absolute Gasteiger partial charge is 0.407 e. The van der Waals surface area contributed by atoms with Crippen molar-refractivity contribution in [3.05, 3.63) is 17.8 Å². The van der Waals surface area contributed by atoms with Crippen LogP contribution in [-0.2, 0) is 4.74 Å². The number of nitrogens with zero attached hydrogens (tertiary/aromatic N) is 3. The summed E-state index contributed by atoms with van der Waals surface area (Å²) in [5.74, 6) is 1.32. The van der Waals surface area contributed by atoms with E-state index < -0.39 is 5.60 Å². The van der Waals surface area contributed by atoms with Crippen LogP contribution in [0.5, 0.6) is 0 Å². The Balaban J connectivity index is 1.78. The zero-order valence-electron chi connectivity index (χ0n) is 13.2. The van der Waals surface area contributed by atoms with Crippen molar-refractivity contribution in [1.82, 2.24) is 15.5 Å². The lowest BCUT2D eigenvalue weighted by molar-refractivity contribution is 0.0520. The number of ether oxygens (including phenoxy) is 1. The average molecular weight is 292 g/mol. The van der Waals surface area contributed by atoms with Gasteiger partial charge in [0.25, 0.3) is 0 Å². The van der Waals surface area contributed by atoms with Crippen LogP contribution in [0.3, 0.4) is 0 Å². The summed E-state index contributed by atoms with van der Waals surface area (Å²) in [6.07, 6.45) is 0.682. The van der Waals surface area contributed by atoms with Crippen LogP contribution >= 0.6 is 0 Å². The van der Waals surface area contributed by atoms with Gasteiger partial charge in [0.05, 0.1) is 5.69 Å². The maximum Gasteiger partial charge on any atom is 0.407 e. The normalized spacial score (nSPS) is 18.7. The summed E-state index contributed by atoms with van der Waals surface area (Å²) in [5, 5.41) is 11.1. The van der Waals surface area contributed by atoms with Gasteiger partial charge < -0.3 is 15.0 Å². The van der Waals surface area contributed by atoms with Crippen molar-refractivity contribution in [3.8, 4) is 0 Å². The summed E-state index contributed by atoms with van der Waals surface area (Å²) in [6.45, 7) is 9.96. The second-order valence-corrected chi connectivity index (χ2v) is 6.52. The van der Waals surface area contributed by atoms with Crippen molar-refractivity contribution in [3.63, 3.8) is 0 Å². The van der Waals surface area contributed by atoms with Crippen LogP contribution in [-0.4, -0.2) is 41.5 Å². The van der Waals surface area contributed by atoms with E-state index in [0.717, 1.165) is 31.0 Å². The largest absolute Gasteiger partial charge is 0.444 e. The first-order chi connectivity index (χ1) is 9.83. The molecule has 0 spiro atoms. The maximum absolute atomic E-state index is 11.6. The summed E-state index contributed by atoms with van der Waals surface area (Å²) in [4.78, 5) is 13.8. The van der Waals surface area contributed by atoms with Crippen molar-refractivity contribution in [1.29, 1.82) is 0 Å². The van der Waals surface area contributed by atoms with E-state index in [1.807, 2.05) is 39.8 Å². The molecular weight excluding hydrogens is 268 g/mol. The molecule has 116 valence electrons. The van der Waals surface area contributed by atoms with Crippen molar-refractivity contribution in [2.24, 2.45) is 5.92 Å². The highest BCUT2D eigenvalue weighted by Gasteiger charge is 2.25. The van der Waals surface area contributed by atoms with Gasteiger partial charge in [0.2, 0.25) is 0 Å². The third kappa shape index (κ3) is 4.88. The van der Waals surface area contributed by atoms with Gasteiger partial charge in [0.15, 0.2) is 5.82 Å². The molecule has 2 rings (SSSR count). The molecule has 1 aliphatic rings. The molecule has 6 nitrogen and oxygen atoms in total.